The summed E-state index contributed by atoms with van der Waals surface area (Å²) in [6, 6.07) is 11.8. The Morgan fingerprint density at radius 3 is 2.61 bits per heavy atom. The number of nitrogens with one attached hydrogen (secondary N) is 2. The van der Waals surface area contributed by atoms with E-state index in [0.29, 0.717) is 45.4 Å². The van der Waals surface area contributed by atoms with E-state index in [9.17, 15) is 4.39 Å². The fraction of sp³-hybridized carbons (Fsp3) is 0.292. The van der Waals surface area contributed by atoms with Crippen LogP contribution in [0.2, 0.25) is 10.0 Å². The van der Waals surface area contributed by atoms with Crippen molar-refractivity contribution in [2.75, 3.05) is 18.4 Å². The molecule has 3 heterocycles. The minimum Gasteiger partial charge on any atom is -0.350 e. The predicted molar refractivity (Wildman–Crippen MR) is 130 cm³/mol. The average Bonchev–Trinajstić information content (AvgIpc) is 3.16. The molecule has 33 heavy (non-hydrogen) atoms. The van der Waals surface area contributed by atoms with Gasteiger partial charge in [-0.15, -0.1) is 0 Å². The number of nitrogens with zero attached hydrogens (tertiary/aromatic N) is 4. The first-order valence-corrected chi connectivity index (χ1v) is 11.7. The lowest BCUT2D eigenvalue weighted by Crippen LogP contribution is -2.32. The van der Waals surface area contributed by atoms with Crippen LogP contribution in [0.15, 0.2) is 48.7 Å². The van der Waals surface area contributed by atoms with Crippen LogP contribution < -0.4 is 10.6 Å². The molecule has 2 N–H and O–H groups in total. The highest BCUT2D eigenvalue weighted by Crippen LogP contribution is 2.36. The van der Waals surface area contributed by atoms with Crippen molar-refractivity contribution < 1.29 is 4.39 Å². The topological polar surface area (TPSA) is 67.7 Å². The molecular weight excluding hydrogens is 462 g/mol. The number of anilines is 1. The maximum Gasteiger partial charge on any atom is 0.225 e. The minimum atomic E-state index is -0.261. The van der Waals surface area contributed by atoms with Crippen LogP contribution in [0.25, 0.3) is 22.6 Å². The summed E-state index contributed by atoms with van der Waals surface area (Å²) < 4.78 is 15.3. The molecule has 1 unspecified atom stereocenters. The molecular formula is C24H23Cl2FN6. The van der Waals surface area contributed by atoms with Crippen molar-refractivity contribution in [1.82, 2.24) is 24.8 Å². The van der Waals surface area contributed by atoms with Gasteiger partial charge in [0.15, 0.2) is 5.65 Å². The Kier molecular flexibility index (Phi) is 6.44. The fourth-order valence-electron chi connectivity index (χ4n) is 4.20. The van der Waals surface area contributed by atoms with Crippen molar-refractivity contribution in [3.05, 3.63) is 70.1 Å². The molecule has 2 aromatic carbocycles. The van der Waals surface area contributed by atoms with Gasteiger partial charge in [0, 0.05) is 13.1 Å². The second kappa shape index (κ2) is 9.63. The molecule has 2 aromatic heterocycles. The first-order chi connectivity index (χ1) is 16.1. The highest BCUT2D eigenvalue weighted by molar-refractivity contribution is 6.39. The molecule has 170 valence electrons. The third-order valence-electron chi connectivity index (χ3n) is 5.88. The number of rotatable bonds is 6. The monoisotopic (exact) mass is 484 g/mol. The van der Waals surface area contributed by atoms with Crippen LogP contribution in [0.5, 0.6) is 0 Å². The molecule has 5 rings (SSSR count). The number of piperidine rings is 1. The molecule has 4 aromatic rings. The van der Waals surface area contributed by atoms with Gasteiger partial charge in [-0.25, -0.2) is 14.4 Å². The standard InChI is InChI=1S/C24H23Cl2FN6/c25-18-4-1-5-19(26)21(18)23-31-20-13-30-24(29-12-15-6-8-17(27)9-7-15)32-22(20)33(23)14-16-3-2-10-28-11-16/h1,4-9,13,16,28H,2-3,10-12,14H2,(H,29,30,32). The Hall–Kier alpha value is -2.74. The third-order valence-corrected chi connectivity index (χ3v) is 6.51. The Morgan fingerprint density at radius 1 is 1.09 bits per heavy atom. The molecule has 0 saturated carbocycles. The normalized spacial score (nSPS) is 16.3. The zero-order valence-corrected chi connectivity index (χ0v) is 19.4. The number of hydrogen-bond donors (Lipinski definition) is 2. The van der Waals surface area contributed by atoms with Crippen LogP contribution in [0.1, 0.15) is 18.4 Å². The summed E-state index contributed by atoms with van der Waals surface area (Å²) >= 11 is 13.1. The molecule has 1 fully saturated rings. The molecule has 0 aliphatic carbocycles. The van der Waals surface area contributed by atoms with Crippen LogP contribution in [-0.2, 0) is 13.1 Å². The summed E-state index contributed by atoms with van der Waals surface area (Å²) in [5, 5.41) is 7.79. The van der Waals surface area contributed by atoms with Gasteiger partial charge in [-0.3, -0.25) is 0 Å². The average molecular weight is 485 g/mol. The quantitative estimate of drug-likeness (QED) is 0.375. The third kappa shape index (κ3) is 4.81. The lowest BCUT2D eigenvalue weighted by Gasteiger charge is -2.24. The van der Waals surface area contributed by atoms with Gasteiger partial charge in [0.2, 0.25) is 5.95 Å². The molecule has 9 heteroatoms. The van der Waals surface area contributed by atoms with Gasteiger partial charge < -0.3 is 15.2 Å². The zero-order chi connectivity index (χ0) is 22.8. The highest BCUT2D eigenvalue weighted by Gasteiger charge is 2.23. The van der Waals surface area contributed by atoms with Crippen molar-refractivity contribution in [3.63, 3.8) is 0 Å². The van der Waals surface area contributed by atoms with E-state index in [-0.39, 0.29) is 5.82 Å². The number of fused-ring (bicyclic) bond motifs is 1. The summed E-state index contributed by atoms with van der Waals surface area (Å²) in [5.41, 5.74) is 3.04. The van der Waals surface area contributed by atoms with Gasteiger partial charge in [-0.1, -0.05) is 41.4 Å². The minimum absolute atomic E-state index is 0.261. The van der Waals surface area contributed by atoms with Gasteiger partial charge in [-0.05, 0) is 61.7 Å². The molecule has 1 saturated heterocycles. The van der Waals surface area contributed by atoms with Crippen LogP contribution in [0, 0.1) is 11.7 Å². The second-order valence-corrected chi connectivity index (χ2v) is 9.05. The molecule has 0 bridgehead atoms. The molecule has 1 aliphatic rings. The SMILES string of the molecule is Fc1ccc(CNc2ncc3nc(-c4c(Cl)cccc4Cl)n(CC4CCCNC4)c3n2)cc1. The Balaban J connectivity index is 1.53. The Bertz CT molecular complexity index is 1250. The van der Waals surface area contributed by atoms with Crippen molar-refractivity contribution in [2.45, 2.75) is 25.9 Å². The number of aromatic nitrogens is 4. The van der Waals surface area contributed by atoms with E-state index in [1.807, 2.05) is 18.2 Å². The highest BCUT2D eigenvalue weighted by atomic mass is 35.5. The van der Waals surface area contributed by atoms with Gasteiger partial charge in [0.25, 0.3) is 0 Å². The molecule has 0 radical (unpaired) electrons. The first kappa shape index (κ1) is 22.1. The number of benzene rings is 2. The van der Waals surface area contributed by atoms with Crippen LogP contribution in [0.4, 0.5) is 10.3 Å². The number of hydrogen-bond acceptors (Lipinski definition) is 5. The van der Waals surface area contributed by atoms with E-state index in [2.05, 4.69) is 20.2 Å². The summed E-state index contributed by atoms with van der Waals surface area (Å²) in [6.45, 7) is 3.21. The second-order valence-electron chi connectivity index (χ2n) is 8.24. The van der Waals surface area contributed by atoms with E-state index in [1.165, 1.54) is 12.1 Å². The van der Waals surface area contributed by atoms with Gasteiger partial charge in [0.05, 0.1) is 21.8 Å². The maximum atomic E-state index is 13.2. The van der Waals surface area contributed by atoms with Crippen LogP contribution in [-0.4, -0.2) is 32.6 Å². The van der Waals surface area contributed by atoms with Gasteiger partial charge in [-0.2, -0.15) is 4.98 Å². The van der Waals surface area contributed by atoms with Crippen LogP contribution in [0.3, 0.4) is 0 Å². The van der Waals surface area contributed by atoms with E-state index in [4.69, 9.17) is 33.2 Å². The first-order valence-electron chi connectivity index (χ1n) is 10.9. The summed E-state index contributed by atoms with van der Waals surface area (Å²) in [6.07, 6.45) is 3.97. The summed E-state index contributed by atoms with van der Waals surface area (Å²) in [4.78, 5) is 14.0. The smallest absolute Gasteiger partial charge is 0.225 e. The summed E-state index contributed by atoms with van der Waals surface area (Å²) in [7, 11) is 0. The van der Waals surface area contributed by atoms with Crippen molar-refractivity contribution in [3.8, 4) is 11.4 Å². The van der Waals surface area contributed by atoms with E-state index in [1.54, 1.807) is 18.3 Å². The largest absolute Gasteiger partial charge is 0.350 e. The number of imidazole rings is 1. The lowest BCUT2D eigenvalue weighted by molar-refractivity contribution is 0.341. The van der Waals surface area contributed by atoms with Gasteiger partial charge >= 0.3 is 0 Å². The lowest BCUT2D eigenvalue weighted by atomic mass is 9.99. The van der Waals surface area contributed by atoms with Gasteiger partial charge in [0.1, 0.15) is 17.2 Å². The van der Waals surface area contributed by atoms with Crippen molar-refractivity contribution in [2.24, 2.45) is 5.92 Å². The molecule has 0 amide bonds. The fourth-order valence-corrected chi connectivity index (χ4v) is 4.77. The predicted octanol–water partition coefficient (Wildman–Crippen LogP) is 5.55. The molecule has 1 atom stereocenters. The molecule has 0 spiro atoms. The van der Waals surface area contributed by atoms with E-state index >= 15 is 0 Å². The van der Waals surface area contributed by atoms with Crippen molar-refractivity contribution >= 4 is 40.3 Å². The summed E-state index contributed by atoms with van der Waals surface area (Å²) in [5.74, 6) is 1.35. The van der Waals surface area contributed by atoms with Crippen LogP contribution >= 0.6 is 23.2 Å². The Labute approximate surface area is 201 Å². The molecule has 1 aliphatic heterocycles. The Morgan fingerprint density at radius 2 is 1.88 bits per heavy atom. The zero-order valence-electron chi connectivity index (χ0n) is 17.9. The van der Waals surface area contributed by atoms with Crippen molar-refractivity contribution in [1.29, 1.82) is 0 Å². The van der Waals surface area contributed by atoms with E-state index < -0.39 is 0 Å². The number of halogens is 3. The van der Waals surface area contributed by atoms with E-state index in [0.717, 1.165) is 43.7 Å². The molecule has 6 nitrogen and oxygen atoms in total. The maximum absolute atomic E-state index is 13.2.